The summed E-state index contributed by atoms with van der Waals surface area (Å²) in [6, 6.07) is 13.8. The van der Waals surface area contributed by atoms with Gasteiger partial charge >= 0.3 is 0 Å². The number of nitrogens with zero attached hydrogens (tertiary/aromatic N) is 2. The van der Waals surface area contributed by atoms with E-state index in [4.69, 9.17) is 28.4 Å². The van der Waals surface area contributed by atoms with Gasteiger partial charge in [0.25, 0.3) is 0 Å². The summed E-state index contributed by atoms with van der Waals surface area (Å²) in [5.74, 6) is 3.20. The molecule has 3 aliphatic heterocycles. The quantitative estimate of drug-likeness (QED) is 0.165. The molecule has 3 saturated heterocycles. The van der Waals surface area contributed by atoms with Gasteiger partial charge in [-0.3, -0.25) is 0 Å². The number of hydrogen-bond donors (Lipinski definition) is 0. The van der Waals surface area contributed by atoms with Crippen LogP contribution in [0.1, 0.15) is 67.2 Å². The van der Waals surface area contributed by atoms with E-state index < -0.39 is 0 Å². The molecule has 0 aliphatic carbocycles. The topological polar surface area (TPSA) is 68.5 Å². The van der Waals surface area contributed by atoms with E-state index in [0.717, 1.165) is 73.3 Å². The van der Waals surface area contributed by atoms with Gasteiger partial charge in [-0.25, -0.2) is 0 Å². The first kappa shape index (κ1) is 30.6. The Morgan fingerprint density at radius 1 is 0.595 bits per heavy atom. The molecular formula is C34H50N2O6. The first-order chi connectivity index (χ1) is 20.4. The molecule has 3 aliphatic rings. The van der Waals surface area contributed by atoms with Crippen molar-refractivity contribution in [2.24, 2.45) is 0 Å². The highest BCUT2D eigenvalue weighted by molar-refractivity contribution is 5.63. The maximum Gasteiger partial charge on any atom is 0.163 e. The summed E-state index contributed by atoms with van der Waals surface area (Å²) < 4.78 is 35.4. The van der Waals surface area contributed by atoms with Crippen molar-refractivity contribution in [3.63, 3.8) is 0 Å². The summed E-state index contributed by atoms with van der Waals surface area (Å²) in [6.45, 7) is 17.7. The van der Waals surface area contributed by atoms with Gasteiger partial charge in [0.1, 0.15) is 25.4 Å². The normalized spacial score (nSPS) is 26.6. The van der Waals surface area contributed by atoms with Crippen LogP contribution in [0.4, 0.5) is 11.4 Å². The van der Waals surface area contributed by atoms with Crippen LogP contribution in [-0.4, -0.2) is 76.0 Å². The molecule has 6 unspecified atom stereocenters. The lowest BCUT2D eigenvalue weighted by Gasteiger charge is -2.55. The number of piperazine rings is 1. The SMILES string of the molecule is CCCCOc1cc(N2C(C)C(C)N(c3ccc(OCC4CO4)c(OCCCC)c3)C(C)C2C)ccc1OCC1CO1. The molecule has 0 spiro atoms. The van der Waals surface area contributed by atoms with Crippen molar-refractivity contribution >= 4 is 11.4 Å². The van der Waals surface area contributed by atoms with E-state index in [1.807, 2.05) is 0 Å². The van der Waals surface area contributed by atoms with E-state index in [-0.39, 0.29) is 36.4 Å². The highest BCUT2D eigenvalue weighted by Crippen LogP contribution is 2.41. The third kappa shape index (κ3) is 7.38. The standard InChI is InChI=1S/C34H50N2O6/c1-7-9-15-37-33-17-27(11-13-31(33)41-21-29-19-39-29)35-23(3)25(5)36(26(6)24(35)4)28-12-14-32(42-22-30-20-40-30)34(18-28)38-16-10-8-2/h11-14,17-18,23-26,29-30H,7-10,15-16,19-22H2,1-6H3. The Balaban J connectivity index is 1.36. The Hall–Kier alpha value is -2.84. The van der Waals surface area contributed by atoms with Crippen molar-refractivity contribution in [2.45, 2.75) is 104 Å². The Bertz CT molecular complexity index is 1050. The predicted octanol–water partition coefficient (Wildman–Crippen LogP) is 6.48. The van der Waals surface area contributed by atoms with Crippen molar-refractivity contribution in [3.8, 4) is 23.0 Å². The number of rotatable bonds is 16. The zero-order valence-corrected chi connectivity index (χ0v) is 26.3. The second-order valence-electron chi connectivity index (χ2n) is 12.0. The lowest BCUT2D eigenvalue weighted by Crippen LogP contribution is -2.66. The lowest BCUT2D eigenvalue weighted by atomic mass is 9.92. The van der Waals surface area contributed by atoms with Crippen LogP contribution in [0.5, 0.6) is 23.0 Å². The number of epoxide rings is 2. The molecular weight excluding hydrogens is 532 g/mol. The summed E-state index contributed by atoms with van der Waals surface area (Å²) in [6.07, 6.45) is 4.60. The first-order valence-corrected chi connectivity index (χ1v) is 16.0. The molecule has 0 bridgehead atoms. The van der Waals surface area contributed by atoms with Crippen LogP contribution >= 0.6 is 0 Å². The summed E-state index contributed by atoms with van der Waals surface area (Å²) in [5, 5.41) is 0. The number of ether oxygens (including phenoxy) is 6. The zero-order chi connectivity index (χ0) is 29.6. The molecule has 0 amide bonds. The monoisotopic (exact) mass is 582 g/mol. The van der Waals surface area contributed by atoms with Crippen molar-refractivity contribution in [1.29, 1.82) is 0 Å². The molecule has 0 radical (unpaired) electrons. The van der Waals surface area contributed by atoms with Gasteiger partial charge < -0.3 is 38.2 Å². The molecule has 2 aromatic carbocycles. The second-order valence-corrected chi connectivity index (χ2v) is 12.0. The van der Waals surface area contributed by atoms with Gasteiger partial charge in [0.15, 0.2) is 23.0 Å². The molecule has 0 aromatic heterocycles. The van der Waals surface area contributed by atoms with Crippen LogP contribution in [0, 0.1) is 0 Å². The van der Waals surface area contributed by atoms with Crippen molar-refractivity contribution in [1.82, 2.24) is 0 Å². The minimum atomic E-state index is 0.202. The van der Waals surface area contributed by atoms with Crippen LogP contribution in [-0.2, 0) is 9.47 Å². The number of unbranched alkanes of at least 4 members (excludes halogenated alkanes) is 2. The zero-order valence-electron chi connectivity index (χ0n) is 26.3. The summed E-state index contributed by atoms with van der Waals surface area (Å²) in [7, 11) is 0. The van der Waals surface area contributed by atoms with Crippen LogP contribution in [0.25, 0.3) is 0 Å². The summed E-state index contributed by atoms with van der Waals surface area (Å²) >= 11 is 0. The Kier molecular flexibility index (Phi) is 10.3. The van der Waals surface area contributed by atoms with Crippen molar-refractivity contribution in [2.75, 3.05) is 49.4 Å². The van der Waals surface area contributed by atoms with Gasteiger partial charge in [0.2, 0.25) is 0 Å². The van der Waals surface area contributed by atoms with Crippen molar-refractivity contribution < 1.29 is 28.4 Å². The van der Waals surface area contributed by atoms with Crippen molar-refractivity contribution in [3.05, 3.63) is 36.4 Å². The van der Waals surface area contributed by atoms with Crippen LogP contribution in [0.15, 0.2) is 36.4 Å². The minimum Gasteiger partial charge on any atom is -0.490 e. The Morgan fingerprint density at radius 3 is 1.31 bits per heavy atom. The fourth-order valence-electron chi connectivity index (χ4n) is 5.74. The number of anilines is 2. The molecule has 3 fully saturated rings. The highest BCUT2D eigenvalue weighted by Gasteiger charge is 2.41. The van der Waals surface area contributed by atoms with Gasteiger partial charge in [-0.15, -0.1) is 0 Å². The third-order valence-electron chi connectivity index (χ3n) is 8.77. The fraction of sp³-hybridized carbons (Fsp3) is 0.647. The Labute approximate surface area is 252 Å². The average Bonchev–Trinajstić information content (AvgIpc) is 3.92. The molecule has 5 rings (SSSR count). The van der Waals surface area contributed by atoms with Gasteiger partial charge in [0, 0.05) is 47.7 Å². The molecule has 2 aromatic rings. The molecule has 232 valence electrons. The maximum atomic E-state index is 6.24. The van der Waals surface area contributed by atoms with E-state index in [0.29, 0.717) is 26.4 Å². The smallest absolute Gasteiger partial charge is 0.163 e. The predicted molar refractivity (Wildman–Crippen MR) is 167 cm³/mol. The van der Waals surface area contributed by atoms with E-state index in [2.05, 4.69) is 87.7 Å². The molecule has 42 heavy (non-hydrogen) atoms. The fourth-order valence-corrected chi connectivity index (χ4v) is 5.74. The molecule has 8 nitrogen and oxygen atoms in total. The van der Waals surface area contributed by atoms with Gasteiger partial charge in [-0.1, -0.05) is 26.7 Å². The average molecular weight is 583 g/mol. The van der Waals surface area contributed by atoms with Gasteiger partial charge in [-0.05, 0) is 64.8 Å². The van der Waals surface area contributed by atoms with Crippen LogP contribution in [0.3, 0.4) is 0 Å². The van der Waals surface area contributed by atoms with E-state index in [1.165, 1.54) is 0 Å². The number of benzene rings is 2. The van der Waals surface area contributed by atoms with E-state index >= 15 is 0 Å². The Morgan fingerprint density at radius 2 is 0.976 bits per heavy atom. The molecule has 6 atom stereocenters. The minimum absolute atomic E-state index is 0.202. The highest BCUT2D eigenvalue weighted by atomic mass is 16.6. The number of hydrogen-bond acceptors (Lipinski definition) is 8. The second kappa shape index (κ2) is 14.1. The molecule has 0 saturated carbocycles. The molecule has 8 heteroatoms. The lowest BCUT2D eigenvalue weighted by molar-refractivity contribution is 0.239. The largest absolute Gasteiger partial charge is 0.490 e. The summed E-state index contributed by atoms with van der Waals surface area (Å²) in [5.41, 5.74) is 2.31. The summed E-state index contributed by atoms with van der Waals surface area (Å²) in [4.78, 5) is 5.08. The van der Waals surface area contributed by atoms with E-state index in [1.54, 1.807) is 0 Å². The van der Waals surface area contributed by atoms with Crippen LogP contribution < -0.4 is 28.7 Å². The molecule has 3 heterocycles. The maximum absolute atomic E-state index is 6.24. The first-order valence-electron chi connectivity index (χ1n) is 16.0. The molecule has 0 N–H and O–H groups in total. The van der Waals surface area contributed by atoms with Crippen LogP contribution in [0.2, 0.25) is 0 Å². The van der Waals surface area contributed by atoms with E-state index in [9.17, 15) is 0 Å². The van der Waals surface area contributed by atoms with Gasteiger partial charge in [-0.2, -0.15) is 0 Å². The third-order valence-corrected chi connectivity index (χ3v) is 8.77. The van der Waals surface area contributed by atoms with Gasteiger partial charge in [0.05, 0.1) is 26.4 Å².